The van der Waals surface area contributed by atoms with Crippen LogP contribution in [0, 0.1) is 0 Å². The average molecular weight is 478 g/mol. The van der Waals surface area contributed by atoms with Crippen LogP contribution in [-0.4, -0.2) is 67.3 Å². The molecule has 0 saturated heterocycles. The molecule has 0 heterocycles. The van der Waals surface area contributed by atoms with Crippen molar-refractivity contribution in [1.82, 2.24) is 4.90 Å². The molecule has 1 amide bonds. The van der Waals surface area contributed by atoms with Crippen LogP contribution >= 0.6 is 0 Å². The Kier molecular flexibility index (Phi) is 13.3. The lowest BCUT2D eigenvalue weighted by atomic mass is 10.1. The topological polar surface area (TPSA) is 85.3 Å². The number of carbonyl (C=O) groups is 2. The molecule has 0 aliphatic heterocycles. The molecule has 0 fully saturated rings. The predicted molar refractivity (Wildman–Crippen MR) is 116 cm³/mol. The summed E-state index contributed by atoms with van der Waals surface area (Å²) in [6.45, 7) is 4.87. The van der Waals surface area contributed by atoms with Gasteiger partial charge in [-0.1, -0.05) is 25.5 Å². The molecule has 1 aromatic carbocycles. The van der Waals surface area contributed by atoms with Crippen LogP contribution in [0.15, 0.2) is 24.3 Å². The molecule has 0 spiro atoms. The van der Waals surface area contributed by atoms with Crippen molar-refractivity contribution < 1.29 is 42.1 Å². The van der Waals surface area contributed by atoms with Crippen LogP contribution < -0.4 is 4.74 Å². The molecule has 33 heavy (non-hydrogen) atoms. The highest BCUT2D eigenvalue weighted by molar-refractivity contribution is 5.72. The summed E-state index contributed by atoms with van der Waals surface area (Å²) in [5.41, 5.74) is 0.784. The van der Waals surface area contributed by atoms with Crippen molar-refractivity contribution in [3.05, 3.63) is 29.8 Å². The van der Waals surface area contributed by atoms with Crippen LogP contribution in [0.5, 0.6) is 5.75 Å². The Morgan fingerprint density at radius 3 is 2.30 bits per heavy atom. The molecule has 10 heteroatoms. The number of halogens is 3. The fourth-order valence-electron chi connectivity index (χ4n) is 3.01. The molecule has 1 unspecified atom stereocenters. The normalized spacial score (nSPS) is 12.3. The molecule has 0 saturated carbocycles. The third kappa shape index (κ3) is 13.0. The number of nitrogens with zero attached hydrogens (tertiary/aromatic N) is 1. The summed E-state index contributed by atoms with van der Waals surface area (Å²) < 4.78 is 52.8. The fourth-order valence-corrected chi connectivity index (χ4v) is 3.01. The number of aliphatic carboxylic acids is 1. The standard InChI is InChI=1S/C23H34F3NO6/c1-3-15-33-22(30)27(13-7-5-6-12-23(24,25)26)14-16-32-19-10-8-18(9-11-19)17-20(21(28)29)31-4-2/h8-11,20H,3-7,12-17H2,1-2H3,(H,28,29). The van der Waals surface area contributed by atoms with Gasteiger partial charge in [-0.15, -0.1) is 0 Å². The molecular weight excluding hydrogens is 443 g/mol. The highest BCUT2D eigenvalue weighted by Crippen LogP contribution is 2.22. The largest absolute Gasteiger partial charge is 0.492 e. The van der Waals surface area contributed by atoms with Gasteiger partial charge in [0.2, 0.25) is 0 Å². The van der Waals surface area contributed by atoms with Crippen molar-refractivity contribution in [2.45, 2.75) is 64.7 Å². The van der Waals surface area contributed by atoms with Gasteiger partial charge >= 0.3 is 18.2 Å². The third-order valence-electron chi connectivity index (χ3n) is 4.69. The summed E-state index contributed by atoms with van der Waals surface area (Å²) in [6.07, 6.45) is -4.70. The zero-order chi connectivity index (χ0) is 24.7. The monoisotopic (exact) mass is 477 g/mol. The molecule has 0 aromatic heterocycles. The minimum absolute atomic E-state index is 0.0240. The van der Waals surface area contributed by atoms with E-state index in [1.807, 2.05) is 6.92 Å². The molecule has 0 radical (unpaired) electrons. The van der Waals surface area contributed by atoms with Gasteiger partial charge in [0.15, 0.2) is 6.10 Å². The summed E-state index contributed by atoms with van der Waals surface area (Å²) in [4.78, 5) is 24.9. The Morgan fingerprint density at radius 2 is 1.73 bits per heavy atom. The van der Waals surface area contributed by atoms with Crippen LogP contribution in [0.25, 0.3) is 0 Å². The van der Waals surface area contributed by atoms with Crippen LogP contribution in [0.1, 0.15) is 51.5 Å². The SMILES string of the molecule is CCCOC(=O)N(CCCCCC(F)(F)F)CCOc1ccc(CC(OCC)C(=O)O)cc1. The Morgan fingerprint density at radius 1 is 1.03 bits per heavy atom. The number of unbranched alkanes of at least 4 members (excludes halogenated alkanes) is 2. The first-order valence-corrected chi connectivity index (χ1v) is 11.2. The molecule has 0 aliphatic carbocycles. The second-order valence-corrected chi connectivity index (χ2v) is 7.51. The molecule has 7 nitrogen and oxygen atoms in total. The third-order valence-corrected chi connectivity index (χ3v) is 4.69. The Bertz CT molecular complexity index is 696. The zero-order valence-corrected chi connectivity index (χ0v) is 19.2. The number of ether oxygens (including phenoxy) is 3. The maximum atomic E-state index is 12.3. The molecule has 1 atom stereocenters. The average Bonchev–Trinajstić information content (AvgIpc) is 2.76. The van der Waals surface area contributed by atoms with Gasteiger partial charge in [-0.3, -0.25) is 0 Å². The number of amides is 1. The van der Waals surface area contributed by atoms with Gasteiger partial charge in [0.05, 0.1) is 13.2 Å². The lowest BCUT2D eigenvalue weighted by Crippen LogP contribution is -2.36. The number of hydrogen-bond acceptors (Lipinski definition) is 5. The number of hydrogen-bond donors (Lipinski definition) is 1. The fraction of sp³-hybridized carbons (Fsp3) is 0.652. The second kappa shape index (κ2) is 15.4. The van der Waals surface area contributed by atoms with E-state index in [0.29, 0.717) is 31.6 Å². The predicted octanol–water partition coefficient (Wildman–Crippen LogP) is 5.07. The number of carboxylic acid groups (broad SMARTS) is 1. The van der Waals surface area contributed by atoms with Gasteiger partial charge < -0.3 is 24.2 Å². The van der Waals surface area contributed by atoms with Gasteiger partial charge in [-0.2, -0.15) is 13.2 Å². The van der Waals surface area contributed by atoms with Crippen molar-refractivity contribution in [2.24, 2.45) is 0 Å². The lowest BCUT2D eigenvalue weighted by molar-refractivity contribution is -0.150. The number of benzene rings is 1. The molecular formula is C23H34F3NO6. The van der Waals surface area contributed by atoms with E-state index in [4.69, 9.17) is 14.2 Å². The first kappa shape index (κ1) is 28.5. The van der Waals surface area contributed by atoms with Crippen LogP contribution in [0.2, 0.25) is 0 Å². The molecule has 188 valence electrons. The molecule has 0 bridgehead atoms. The first-order chi connectivity index (χ1) is 15.7. The summed E-state index contributed by atoms with van der Waals surface area (Å²) in [6, 6.07) is 6.91. The van der Waals surface area contributed by atoms with Crippen molar-refractivity contribution in [3.63, 3.8) is 0 Å². The van der Waals surface area contributed by atoms with E-state index >= 15 is 0 Å². The highest BCUT2D eigenvalue weighted by Gasteiger charge is 2.26. The van der Waals surface area contributed by atoms with E-state index < -0.39 is 30.8 Å². The zero-order valence-electron chi connectivity index (χ0n) is 19.2. The van der Waals surface area contributed by atoms with Crippen LogP contribution in [-0.2, 0) is 20.7 Å². The smallest absolute Gasteiger partial charge is 0.409 e. The van der Waals surface area contributed by atoms with E-state index in [0.717, 1.165) is 5.56 Å². The maximum absolute atomic E-state index is 12.3. The van der Waals surface area contributed by atoms with E-state index in [-0.39, 0.29) is 39.1 Å². The van der Waals surface area contributed by atoms with E-state index in [1.54, 1.807) is 31.2 Å². The first-order valence-electron chi connectivity index (χ1n) is 11.2. The molecule has 0 aliphatic rings. The van der Waals surface area contributed by atoms with Gasteiger partial charge in [-0.05, 0) is 43.9 Å². The minimum Gasteiger partial charge on any atom is -0.492 e. The number of rotatable bonds is 16. The van der Waals surface area contributed by atoms with Crippen molar-refractivity contribution in [3.8, 4) is 5.75 Å². The number of carbonyl (C=O) groups excluding carboxylic acids is 1. The summed E-state index contributed by atoms with van der Waals surface area (Å²) >= 11 is 0. The quantitative estimate of drug-likeness (QED) is 0.335. The summed E-state index contributed by atoms with van der Waals surface area (Å²) in [5.74, 6) is -0.472. The van der Waals surface area contributed by atoms with Gasteiger partial charge in [0.1, 0.15) is 12.4 Å². The van der Waals surface area contributed by atoms with Crippen molar-refractivity contribution in [2.75, 3.05) is 32.9 Å². The Hall–Kier alpha value is -2.49. The van der Waals surface area contributed by atoms with Gasteiger partial charge in [0, 0.05) is 26.0 Å². The van der Waals surface area contributed by atoms with E-state index in [2.05, 4.69) is 0 Å². The maximum Gasteiger partial charge on any atom is 0.409 e. The van der Waals surface area contributed by atoms with Crippen molar-refractivity contribution in [1.29, 1.82) is 0 Å². The summed E-state index contributed by atoms with van der Waals surface area (Å²) in [7, 11) is 0. The van der Waals surface area contributed by atoms with E-state index in [9.17, 15) is 27.9 Å². The Labute approximate surface area is 192 Å². The van der Waals surface area contributed by atoms with Crippen LogP contribution in [0.3, 0.4) is 0 Å². The summed E-state index contributed by atoms with van der Waals surface area (Å²) in [5, 5.41) is 9.17. The second-order valence-electron chi connectivity index (χ2n) is 7.51. The van der Waals surface area contributed by atoms with Crippen LogP contribution in [0.4, 0.5) is 18.0 Å². The van der Waals surface area contributed by atoms with E-state index in [1.165, 1.54) is 4.90 Å². The number of carboxylic acids is 1. The van der Waals surface area contributed by atoms with Gasteiger partial charge in [0.25, 0.3) is 0 Å². The molecule has 1 N–H and O–H groups in total. The minimum atomic E-state index is -4.17. The lowest BCUT2D eigenvalue weighted by Gasteiger charge is -2.22. The van der Waals surface area contributed by atoms with Gasteiger partial charge in [-0.25, -0.2) is 9.59 Å². The number of alkyl halides is 3. The Balaban J connectivity index is 2.52. The molecule has 1 aromatic rings. The molecule has 1 rings (SSSR count). The highest BCUT2D eigenvalue weighted by atomic mass is 19.4. The van der Waals surface area contributed by atoms with Crippen molar-refractivity contribution >= 4 is 12.1 Å².